The Morgan fingerprint density at radius 3 is 1.78 bits per heavy atom. The van der Waals surface area contributed by atoms with Gasteiger partial charge in [0.1, 0.15) is 0 Å². The maximum absolute atomic E-state index is 10.4. The van der Waals surface area contributed by atoms with Gasteiger partial charge in [-0.15, -0.1) is 0 Å². The fraction of sp³-hybridized carbons (Fsp3) is 0. The molecule has 0 bridgehead atoms. The SMILES string of the molecule is O=[N+]([O-])c1cc([N+](=O)[O-])c(O)c([N+](=O)[O-])c1.O=c1ccnc[nH]1. The van der Waals surface area contributed by atoms with E-state index >= 15 is 0 Å². The number of hydrogen-bond acceptors (Lipinski definition) is 9. The number of non-ortho nitro benzene ring substituents is 1. The maximum Gasteiger partial charge on any atom is 0.324 e. The van der Waals surface area contributed by atoms with E-state index in [1.807, 2.05) is 0 Å². The third-order valence-electron chi connectivity index (χ3n) is 2.25. The van der Waals surface area contributed by atoms with Gasteiger partial charge in [-0.3, -0.25) is 35.1 Å². The molecular formula is C10H7N5O8. The first-order chi connectivity index (χ1) is 10.7. The fourth-order valence-electron chi connectivity index (χ4n) is 1.28. The second-order valence-electron chi connectivity index (χ2n) is 3.71. The van der Waals surface area contributed by atoms with Crippen LogP contribution in [0.5, 0.6) is 5.75 Å². The Morgan fingerprint density at radius 2 is 1.52 bits per heavy atom. The molecule has 13 heteroatoms. The molecule has 0 aliphatic rings. The molecule has 2 rings (SSSR count). The quantitative estimate of drug-likeness (QED) is 0.607. The van der Waals surface area contributed by atoms with Crippen LogP contribution in [0.15, 0.2) is 35.5 Å². The summed E-state index contributed by atoms with van der Waals surface area (Å²) in [6.45, 7) is 0. The molecule has 0 fully saturated rings. The minimum Gasteiger partial charge on any atom is -0.497 e. The molecule has 1 aromatic carbocycles. The van der Waals surface area contributed by atoms with Crippen molar-refractivity contribution >= 4 is 17.1 Å². The molecule has 2 N–H and O–H groups in total. The van der Waals surface area contributed by atoms with Crippen LogP contribution in [-0.4, -0.2) is 29.8 Å². The van der Waals surface area contributed by atoms with E-state index in [1.54, 1.807) is 0 Å². The van der Waals surface area contributed by atoms with Crippen molar-refractivity contribution in [2.24, 2.45) is 0 Å². The molecule has 23 heavy (non-hydrogen) atoms. The standard InChI is InChI=1S/C6H3N3O7.C4H4N2O/c10-6-4(8(13)14)1-3(7(11)12)2-5(6)9(15)16;7-4-1-2-5-3-6-4/h1-2,10H;1-3H,(H,5,6,7). The first-order valence-corrected chi connectivity index (χ1v) is 5.53. The number of phenols is 1. The van der Waals surface area contributed by atoms with Crippen molar-refractivity contribution in [3.8, 4) is 5.75 Å². The smallest absolute Gasteiger partial charge is 0.324 e. The summed E-state index contributed by atoms with van der Waals surface area (Å²) in [5.74, 6) is -1.21. The van der Waals surface area contributed by atoms with Crippen LogP contribution in [0.25, 0.3) is 0 Å². The molecule has 0 saturated carbocycles. The van der Waals surface area contributed by atoms with E-state index in [1.165, 1.54) is 18.6 Å². The lowest BCUT2D eigenvalue weighted by molar-refractivity contribution is -0.404. The van der Waals surface area contributed by atoms with Gasteiger partial charge in [-0.1, -0.05) is 0 Å². The summed E-state index contributed by atoms with van der Waals surface area (Å²) < 4.78 is 0. The Hall–Kier alpha value is -3.90. The highest BCUT2D eigenvalue weighted by atomic mass is 16.6. The van der Waals surface area contributed by atoms with Gasteiger partial charge in [-0.2, -0.15) is 0 Å². The average molecular weight is 325 g/mol. The number of nitro groups is 3. The first-order valence-electron chi connectivity index (χ1n) is 5.53. The molecule has 1 heterocycles. The fourth-order valence-corrected chi connectivity index (χ4v) is 1.28. The van der Waals surface area contributed by atoms with Gasteiger partial charge in [0.15, 0.2) is 0 Å². The Morgan fingerprint density at radius 1 is 1.00 bits per heavy atom. The zero-order valence-electron chi connectivity index (χ0n) is 11.0. The number of rotatable bonds is 3. The van der Waals surface area contributed by atoms with Gasteiger partial charge in [0, 0.05) is 12.3 Å². The lowest BCUT2D eigenvalue weighted by Gasteiger charge is -1.97. The van der Waals surface area contributed by atoms with Crippen molar-refractivity contribution in [1.29, 1.82) is 0 Å². The van der Waals surface area contributed by atoms with E-state index in [4.69, 9.17) is 5.11 Å². The predicted octanol–water partition coefficient (Wildman–Crippen LogP) is 0.887. The number of nitrogens with zero attached hydrogens (tertiary/aromatic N) is 4. The molecule has 13 nitrogen and oxygen atoms in total. The summed E-state index contributed by atoms with van der Waals surface area (Å²) in [5.41, 5.74) is -3.12. The second kappa shape index (κ2) is 7.21. The number of aromatic hydroxyl groups is 1. The van der Waals surface area contributed by atoms with Crippen LogP contribution in [0.1, 0.15) is 0 Å². The summed E-state index contributed by atoms with van der Waals surface area (Å²) in [4.78, 5) is 43.9. The molecule has 0 amide bonds. The van der Waals surface area contributed by atoms with Gasteiger partial charge >= 0.3 is 11.4 Å². The topological polar surface area (TPSA) is 195 Å². The van der Waals surface area contributed by atoms with Crippen LogP contribution in [-0.2, 0) is 0 Å². The number of aromatic nitrogens is 2. The molecule has 0 spiro atoms. The summed E-state index contributed by atoms with van der Waals surface area (Å²) in [6.07, 6.45) is 2.79. The molecule has 0 aliphatic heterocycles. The van der Waals surface area contributed by atoms with Gasteiger partial charge in [0.05, 0.1) is 33.2 Å². The van der Waals surface area contributed by atoms with E-state index in [2.05, 4.69) is 9.97 Å². The van der Waals surface area contributed by atoms with E-state index in [0.717, 1.165) is 0 Å². The van der Waals surface area contributed by atoms with Crippen molar-refractivity contribution in [3.63, 3.8) is 0 Å². The van der Waals surface area contributed by atoms with Crippen LogP contribution in [0.2, 0.25) is 0 Å². The molecule has 1 aromatic heterocycles. The zero-order chi connectivity index (χ0) is 17.6. The number of H-pyrrole nitrogens is 1. The number of phenolic OH excluding ortho intramolecular Hbond substituents is 1. The van der Waals surface area contributed by atoms with Crippen LogP contribution < -0.4 is 5.56 Å². The molecule has 0 radical (unpaired) electrons. The number of nitro benzene ring substituents is 3. The Kier molecular flexibility index (Phi) is 5.37. The summed E-state index contributed by atoms with van der Waals surface area (Å²) in [7, 11) is 0. The van der Waals surface area contributed by atoms with Crippen LogP contribution in [0, 0.1) is 30.3 Å². The average Bonchev–Trinajstić information content (AvgIpc) is 2.48. The second-order valence-corrected chi connectivity index (χ2v) is 3.71. The number of nitrogens with one attached hydrogen (secondary N) is 1. The van der Waals surface area contributed by atoms with Crippen LogP contribution in [0.3, 0.4) is 0 Å². The van der Waals surface area contributed by atoms with E-state index < -0.39 is 37.6 Å². The van der Waals surface area contributed by atoms with Crippen molar-refractivity contribution in [3.05, 3.63) is 71.4 Å². The lowest BCUT2D eigenvalue weighted by Crippen LogP contribution is -2.00. The molecule has 0 saturated heterocycles. The molecule has 0 atom stereocenters. The normalized spacial score (nSPS) is 9.39. The highest BCUT2D eigenvalue weighted by molar-refractivity contribution is 5.64. The zero-order valence-corrected chi connectivity index (χ0v) is 11.0. The first kappa shape index (κ1) is 17.2. The van der Waals surface area contributed by atoms with E-state index in [9.17, 15) is 35.1 Å². The number of aromatic amines is 1. The monoisotopic (exact) mass is 325 g/mol. The minimum atomic E-state index is -1.21. The van der Waals surface area contributed by atoms with Gasteiger partial charge < -0.3 is 10.1 Å². The largest absolute Gasteiger partial charge is 0.497 e. The molecule has 0 unspecified atom stereocenters. The third kappa shape index (κ3) is 4.55. The van der Waals surface area contributed by atoms with Crippen molar-refractivity contribution in [2.45, 2.75) is 0 Å². The van der Waals surface area contributed by atoms with E-state index in [-0.39, 0.29) is 5.56 Å². The molecular weight excluding hydrogens is 318 g/mol. The third-order valence-corrected chi connectivity index (χ3v) is 2.25. The van der Waals surface area contributed by atoms with E-state index in [0.29, 0.717) is 12.1 Å². The Bertz CT molecular complexity index is 764. The molecule has 2 aromatic rings. The summed E-state index contributed by atoms with van der Waals surface area (Å²) in [5, 5.41) is 40.2. The lowest BCUT2D eigenvalue weighted by atomic mass is 10.2. The number of benzene rings is 1. The van der Waals surface area contributed by atoms with Gasteiger partial charge in [-0.25, -0.2) is 4.98 Å². The van der Waals surface area contributed by atoms with Crippen LogP contribution >= 0.6 is 0 Å². The number of hydrogen-bond donors (Lipinski definition) is 2. The summed E-state index contributed by atoms with van der Waals surface area (Å²) >= 11 is 0. The van der Waals surface area contributed by atoms with Crippen LogP contribution in [0.4, 0.5) is 17.1 Å². The van der Waals surface area contributed by atoms with Crippen molar-refractivity contribution in [2.75, 3.05) is 0 Å². The Balaban J connectivity index is 0.000000313. The molecule has 0 aliphatic carbocycles. The van der Waals surface area contributed by atoms with Crippen molar-refractivity contribution < 1.29 is 19.9 Å². The minimum absolute atomic E-state index is 0.116. The molecule has 120 valence electrons. The van der Waals surface area contributed by atoms with Gasteiger partial charge in [0.25, 0.3) is 17.0 Å². The summed E-state index contributed by atoms with van der Waals surface area (Å²) in [6, 6.07) is 2.25. The highest BCUT2D eigenvalue weighted by Gasteiger charge is 2.30. The van der Waals surface area contributed by atoms with Crippen molar-refractivity contribution in [1.82, 2.24) is 9.97 Å². The highest BCUT2D eigenvalue weighted by Crippen LogP contribution is 2.38. The maximum atomic E-state index is 10.4. The Labute approximate surface area is 125 Å². The predicted molar refractivity (Wildman–Crippen MR) is 72.9 cm³/mol. The van der Waals surface area contributed by atoms with Gasteiger partial charge in [-0.05, 0) is 0 Å². The van der Waals surface area contributed by atoms with Gasteiger partial charge in [0.2, 0.25) is 0 Å².